The minimum absolute atomic E-state index is 0.0208. The number of nitrogens with zero attached hydrogens (tertiary/aromatic N) is 2. The molecule has 1 atom stereocenters. The number of ether oxygens (including phenoxy) is 1. The second kappa shape index (κ2) is 9.32. The lowest BCUT2D eigenvalue weighted by Gasteiger charge is -2.23. The Morgan fingerprint density at radius 3 is 2.85 bits per heavy atom. The largest absolute Gasteiger partial charge is 0.456 e. The lowest BCUT2D eigenvalue weighted by Crippen LogP contribution is -2.41. The second-order valence-electron chi connectivity index (χ2n) is 4.83. The Labute approximate surface area is 119 Å². The van der Waals surface area contributed by atoms with Crippen molar-refractivity contribution in [3.05, 3.63) is 11.4 Å². The molecular formula is C14H22N2O4. The normalized spacial score (nSPS) is 17.8. The van der Waals surface area contributed by atoms with E-state index in [9.17, 15) is 9.59 Å². The lowest BCUT2D eigenvalue weighted by molar-refractivity contribution is -0.153. The molecule has 20 heavy (non-hydrogen) atoms. The summed E-state index contributed by atoms with van der Waals surface area (Å²) in [5.41, 5.74) is 0. The van der Waals surface area contributed by atoms with Gasteiger partial charge in [-0.25, -0.2) is 11.4 Å². The Morgan fingerprint density at radius 1 is 1.35 bits per heavy atom. The molecule has 0 spiro atoms. The van der Waals surface area contributed by atoms with E-state index in [4.69, 9.17) is 16.4 Å². The molecule has 1 aliphatic rings. The van der Waals surface area contributed by atoms with Gasteiger partial charge in [0, 0.05) is 19.6 Å². The number of hydrogen-bond donors (Lipinski definition) is 1. The molecule has 0 aliphatic carbocycles. The molecule has 0 aromatic carbocycles. The Morgan fingerprint density at radius 2 is 2.15 bits per heavy atom. The Kier molecular flexibility index (Phi) is 7.66. The summed E-state index contributed by atoms with van der Waals surface area (Å²) < 4.78 is 5.01. The van der Waals surface area contributed by atoms with Crippen molar-refractivity contribution in [1.82, 2.24) is 4.90 Å². The fourth-order valence-electron chi connectivity index (χ4n) is 2.31. The third-order valence-electron chi connectivity index (χ3n) is 3.34. The molecule has 1 heterocycles. The van der Waals surface area contributed by atoms with Crippen LogP contribution in [-0.4, -0.2) is 54.2 Å². The summed E-state index contributed by atoms with van der Waals surface area (Å²) in [7, 11) is 0. The first-order valence-electron chi connectivity index (χ1n) is 7.11. The zero-order chi connectivity index (χ0) is 14.8. The van der Waals surface area contributed by atoms with E-state index in [2.05, 4.69) is 4.85 Å². The van der Waals surface area contributed by atoms with Gasteiger partial charge in [0.15, 0.2) is 6.61 Å². The monoisotopic (exact) mass is 282 g/mol. The maximum atomic E-state index is 12.1. The number of aliphatic hydroxyl groups is 1. The highest BCUT2D eigenvalue weighted by Crippen LogP contribution is 2.20. The Balaban J connectivity index is 2.37. The summed E-state index contributed by atoms with van der Waals surface area (Å²) >= 11 is 0. The molecule has 112 valence electrons. The molecule has 0 saturated carbocycles. The van der Waals surface area contributed by atoms with Crippen molar-refractivity contribution in [3.8, 4) is 0 Å². The third-order valence-corrected chi connectivity index (χ3v) is 3.34. The van der Waals surface area contributed by atoms with Crippen LogP contribution in [0.5, 0.6) is 0 Å². The summed E-state index contributed by atoms with van der Waals surface area (Å²) in [6, 6.07) is -0.480. The van der Waals surface area contributed by atoms with E-state index in [-0.39, 0.29) is 25.7 Å². The fourth-order valence-corrected chi connectivity index (χ4v) is 2.31. The number of carbonyl (C=O) groups is 2. The highest BCUT2D eigenvalue weighted by molar-refractivity contribution is 5.85. The van der Waals surface area contributed by atoms with Crippen molar-refractivity contribution in [2.24, 2.45) is 0 Å². The van der Waals surface area contributed by atoms with Gasteiger partial charge < -0.3 is 19.6 Å². The lowest BCUT2D eigenvalue weighted by atomic mass is 10.1. The molecule has 0 aromatic heterocycles. The average molecular weight is 282 g/mol. The summed E-state index contributed by atoms with van der Waals surface area (Å²) in [4.78, 5) is 28.6. The van der Waals surface area contributed by atoms with Gasteiger partial charge >= 0.3 is 5.97 Å². The summed E-state index contributed by atoms with van der Waals surface area (Å²) in [6.45, 7) is 7.63. The van der Waals surface area contributed by atoms with E-state index >= 15 is 0 Å². The van der Waals surface area contributed by atoms with E-state index < -0.39 is 12.0 Å². The van der Waals surface area contributed by atoms with Crippen molar-refractivity contribution in [2.75, 3.05) is 26.3 Å². The number of rotatable bonds is 8. The fraction of sp³-hybridized carbons (Fsp3) is 0.786. The van der Waals surface area contributed by atoms with Gasteiger partial charge in [-0.2, -0.15) is 0 Å². The van der Waals surface area contributed by atoms with Crippen LogP contribution < -0.4 is 0 Å². The standard InChI is InChI=1S/C14H22N2O4/c1-15-8-11-20-14(19)12-6-5-9-16(12)13(18)7-3-2-4-10-17/h12,17H,2-11H2/t12-/m0/s1. The molecule has 6 heteroatoms. The maximum Gasteiger partial charge on any atom is 0.329 e. The van der Waals surface area contributed by atoms with Crippen LogP contribution in [0.2, 0.25) is 0 Å². The number of esters is 1. The molecule has 1 fully saturated rings. The number of amides is 1. The molecule has 1 saturated heterocycles. The number of hydrogen-bond acceptors (Lipinski definition) is 4. The first-order chi connectivity index (χ1) is 9.70. The first kappa shape index (κ1) is 16.4. The molecule has 1 aliphatic heterocycles. The number of unbranched alkanes of at least 4 members (excludes halogenated alkanes) is 2. The van der Waals surface area contributed by atoms with E-state index in [1.54, 1.807) is 4.90 Å². The van der Waals surface area contributed by atoms with Crippen LogP contribution >= 0.6 is 0 Å². The second-order valence-corrected chi connectivity index (χ2v) is 4.83. The average Bonchev–Trinajstić information content (AvgIpc) is 2.93. The van der Waals surface area contributed by atoms with Gasteiger partial charge in [0.25, 0.3) is 0 Å². The van der Waals surface area contributed by atoms with Gasteiger partial charge in [0.05, 0.1) is 0 Å². The van der Waals surface area contributed by atoms with Gasteiger partial charge in [-0.1, -0.05) is 6.42 Å². The number of likely N-dealkylation sites (tertiary alicyclic amines) is 1. The molecule has 1 N–H and O–H groups in total. The maximum absolute atomic E-state index is 12.1. The summed E-state index contributed by atoms with van der Waals surface area (Å²) in [6.07, 6.45) is 4.11. The first-order valence-corrected chi connectivity index (χ1v) is 7.11. The summed E-state index contributed by atoms with van der Waals surface area (Å²) in [5.74, 6) is -0.414. The van der Waals surface area contributed by atoms with Gasteiger partial charge in [0.2, 0.25) is 12.5 Å². The van der Waals surface area contributed by atoms with Crippen LogP contribution in [0.3, 0.4) is 0 Å². The minimum Gasteiger partial charge on any atom is -0.456 e. The SMILES string of the molecule is [C-]#[N+]CCOC(=O)[C@@H]1CCCN1C(=O)CCCCCO. The quantitative estimate of drug-likeness (QED) is 0.409. The zero-order valence-electron chi connectivity index (χ0n) is 11.7. The van der Waals surface area contributed by atoms with E-state index in [1.165, 1.54) is 0 Å². The van der Waals surface area contributed by atoms with Crippen molar-refractivity contribution >= 4 is 11.9 Å². The van der Waals surface area contributed by atoms with E-state index in [0.717, 1.165) is 19.3 Å². The van der Waals surface area contributed by atoms with Crippen LogP contribution in [0.15, 0.2) is 0 Å². The molecule has 0 radical (unpaired) electrons. The van der Waals surface area contributed by atoms with Gasteiger partial charge in [0.1, 0.15) is 6.04 Å². The zero-order valence-corrected chi connectivity index (χ0v) is 11.7. The Hall–Kier alpha value is -1.61. The summed E-state index contributed by atoms with van der Waals surface area (Å²) in [5, 5.41) is 8.68. The van der Waals surface area contributed by atoms with Crippen LogP contribution in [0.25, 0.3) is 4.85 Å². The molecule has 1 amide bonds. The highest BCUT2D eigenvalue weighted by Gasteiger charge is 2.34. The van der Waals surface area contributed by atoms with Crippen LogP contribution in [-0.2, 0) is 14.3 Å². The van der Waals surface area contributed by atoms with E-state index in [0.29, 0.717) is 25.8 Å². The van der Waals surface area contributed by atoms with Crippen LogP contribution in [0.4, 0.5) is 0 Å². The van der Waals surface area contributed by atoms with Gasteiger partial charge in [-0.15, -0.1) is 0 Å². The predicted molar refractivity (Wildman–Crippen MR) is 72.7 cm³/mol. The smallest absolute Gasteiger partial charge is 0.329 e. The topological polar surface area (TPSA) is 71.2 Å². The van der Waals surface area contributed by atoms with Crippen molar-refractivity contribution in [3.63, 3.8) is 0 Å². The Bertz CT molecular complexity index is 365. The third kappa shape index (κ3) is 5.17. The van der Waals surface area contributed by atoms with Crippen molar-refractivity contribution in [2.45, 2.75) is 44.6 Å². The molecule has 0 bridgehead atoms. The van der Waals surface area contributed by atoms with Crippen molar-refractivity contribution < 1.29 is 19.4 Å². The van der Waals surface area contributed by atoms with E-state index in [1.807, 2.05) is 0 Å². The van der Waals surface area contributed by atoms with Gasteiger partial charge in [-0.3, -0.25) is 4.79 Å². The molecule has 0 unspecified atom stereocenters. The van der Waals surface area contributed by atoms with Crippen LogP contribution in [0.1, 0.15) is 38.5 Å². The predicted octanol–water partition coefficient (Wildman–Crippen LogP) is 0.993. The minimum atomic E-state index is -0.480. The van der Waals surface area contributed by atoms with Crippen molar-refractivity contribution in [1.29, 1.82) is 0 Å². The molecular weight excluding hydrogens is 260 g/mol. The molecule has 6 nitrogen and oxygen atoms in total. The molecule has 0 aromatic rings. The molecule has 1 rings (SSSR count). The van der Waals surface area contributed by atoms with Crippen LogP contribution in [0, 0.1) is 6.57 Å². The number of aliphatic hydroxyl groups excluding tert-OH is 1. The highest BCUT2D eigenvalue weighted by atomic mass is 16.5. The van der Waals surface area contributed by atoms with Gasteiger partial charge in [-0.05, 0) is 25.7 Å². The number of carbonyl (C=O) groups excluding carboxylic acids is 2.